The summed E-state index contributed by atoms with van der Waals surface area (Å²) in [4.78, 5) is 5.82. The highest BCUT2D eigenvalue weighted by Crippen LogP contribution is 2.73. The molecule has 4 unspecified atom stereocenters. The van der Waals surface area contributed by atoms with Gasteiger partial charge in [0.05, 0.1) is 5.69 Å². The van der Waals surface area contributed by atoms with Crippen molar-refractivity contribution in [3.05, 3.63) is 142 Å². The number of anilines is 4. The maximum absolute atomic E-state index is 2.99. The Morgan fingerprint density at radius 3 is 1.69 bits per heavy atom. The Balaban J connectivity index is 0.988. The molecule has 2 nitrogen and oxygen atoms in total. The second-order valence-corrected chi connectivity index (χ2v) is 28.4. The first kappa shape index (κ1) is 43.7. The van der Waals surface area contributed by atoms with Gasteiger partial charge in [-0.25, -0.2) is 0 Å². The Morgan fingerprint density at radius 1 is 0.479 bits per heavy atom. The predicted octanol–water partition coefficient (Wildman–Crippen LogP) is 18.6. The van der Waals surface area contributed by atoms with Crippen LogP contribution >= 0.6 is 0 Å². The van der Waals surface area contributed by atoms with Crippen molar-refractivity contribution < 1.29 is 0 Å². The van der Waals surface area contributed by atoms with E-state index in [1.807, 2.05) is 0 Å². The van der Waals surface area contributed by atoms with Crippen LogP contribution in [0.3, 0.4) is 0 Å². The summed E-state index contributed by atoms with van der Waals surface area (Å²) in [6.45, 7) is 24.8. The number of rotatable bonds is 2. The Kier molecular flexibility index (Phi) is 8.66. The first-order chi connectivity index (χ1) is 33.9. The molecule has 0 saturated heterocycles. The van der Waals surface area contributed by atoms with Crippen molar-refractivity contribution in [1.82, 2.24) is 0 Å². The predicted molar refractivity (Wildman–Crippen MR) is 299 cm³/mol. The average molecular weight is 935 g/mol. The molecule has 0 radical (unpaired) electrons. The van der Waals surface area contributed by atoms with E-state index in [0.29, 0.717) is 23.7 Å². The van der Waals surface area contributed by atoms with Crippen molar-refractivity contribution in [2.75, 3.05) is 9.80 Å². The zero-order valence-corrected chi connectivity index (χ0v) is 44.8. The molecule has 6 aromatic rings. The lowest BCUT2D eigenvalue weighted by atomic mass is 9.43. The Morgan fingerprint density at radius 2 is 1.07 bits per heavy atom. The SMILES string of the molecule is CC(C)(C)c1ccc2c(c1)C1CCCCC1(C)N2c1ccc2cc3c(cc2c1)C1(c2cc(N4c5ccc(C(C)(C)C)cc5C5CCCCC54C)c4c(c2-3)C(C)(C)c2ccccc2-4)C2CC3CC(C2)CC1C3. The molecule has 0 aromatic heterocycles. The van der Waals surface area contributed by atoms with E-state index in [0.717, 1.165) is 11.8 Å². The normalized spacial score (nSPS) is 32.1. The molecule has 2 heteroatoms. The van der Waals surface area contributed by atoms with E-state index in [2.05, 4.69) is 176 Å². The van der Waals surface area contributed by atoms with Crippen molar-refractivity contribution in [2.24, 2.45) is 23.7 Å². The van der Waals surface area contributed by atoms with Gasteiger partial charge in [0, 0.05) is 56.4 Å². The van der Waals surface area contributed by atoms with Gasteiger partial charge in [-0.3, -0.25) is 0 Å². The van der Waals surface area contributed by atoms with Gasteiger partial charge in [-0.15, -0.1) is 0 Å². The molecule has 8 aliphatic carbocycles. The van der Waals surface area contributed by atoms with Crippen LogP contribution in [-0.4, -0.2) is 11.1 Å². The lowest BCUT2D eigenvalue weighted by molar-refractivity contribution is -0.0399. The molecular weight excluding hydrogens is 857 g/mol. The maximum atomic E-state index is 2.99. The number of benzene rings is 6. The molecule has 0 N–H and O–H groups in total. The summed E-state index contributed by atoms with van der Waals surface area (Å²) in [6, 6.07) is 41.0. The zero-order valence-electron chi connectivity index (χ0n) is 44.8. The van der Waals surface area contributed by atoms with Crippen LogP contribution in [0.25, 0.3) is 33.0 Å². The van der Waals surface area contributed by atoms with Crippen LogP contribution < -0.4 is 9.80 Å². The lowest BCUT2D eigenvalue weighted by Gasteiger charge is -2.61. The van der Waals surface area contributed by atoms with E-state index in [4.69, 9.17) is 0 Å². The largest absolute Gasteiger partial charge is 0.335 e. The molecule has 1 spiro atoms. The summed E-state index contributed by atoms with van der Waals surface area (Å²) < 4.78 is 0. The van der Waals surface area contributed by atoms with Crippen LogP contribution in [0.1, 0.15) is 209 Å². The molecule has 16 rings (SSSR count). The van der Waals surface area contributed by atoms with Gasteiger partial charge in [-0.1, -0.05) is 136 Å². The third-order valence-corrected chi connectivity index (χ3v) is 22.2. The van der Waals surface area contributed by atoms with Gasteiger partial charge < -0.3 is 9.80 Å². The molecule has 4 bridgehead atoms. The molecule has 6 saturated carbocycles. The minimum atomic E-state index is -0.146. The van der Waals surface area contributed by atoms with Gasteiger partial charge in [0.1, 0.15) is 0 Å². The Labute approximate surface area is 426 Å². The van der Waals surface area contributed by atoms with Crippen LogP contribution in [0.5, 0.6) is 0 Å². The van der Waals surface area contributed by atoms with Crippen LogP contribution in [0, 0.1) is 23.7 Å². The fourth-order valence-electron chi connectivity index (χ4n) is 19.2. The van der Waals surface area contributed by atoms with Crippen molar-refractivity contribution in [2.45, 2.75) is 197 Å². The fraction of sp³-hybridized carbons (Fsp3) is 0.507. The van der Waals surface area contributed by atoms with Gasteiger partial charge in [0.25, 0.3) is 0 Å². The molecule has 71 heavy (non-hydrogen) atoms. The highest BCUT2D eigenvalue weighted by molar-refractivity contribution is 6.04. The van der Waals surface area contributed by atoms with Crippen molar-refractivity contribution in [1.29, 1.82) is 0 Å². The molecule has 6 aromatic carbocycles. The quantitative estimate of drug-likeness (QED) is 0.171. The van der Waals surface area contributed by atoms with Crippen molar-refractivity contribution in [3.63, 3.8) is 0 Å². The van der Waals surface area contributed by atoms with Gasteiger partial charge >= 0.3 is 0 Å². The summed E-state index contributed by atoms with van der Waals surface area (Å²) in [5.41, 5.74) is 24.9. The lowest BCUT2D eigenvalue weighted by Crippen LogP contribution is -2.55. The Hall–Kier alpha value is -4.82. The van der Waals surface area contributed by atoms with E-state index >= 15 is 0 Å². The summed E-state index contributed by atoms with van der Waals surface area (Å²) in [6.07, 6.45) is 17.4. The maximum Gasteiger partial charge on any atom is 0.0502 e. The van der Waals surface area contributed by atoms with E-state index in [1.165, 1.54) is 145 Å². The van der Waals surface area contributed by atoms with Gasteiger partial charge in [0.15, 0.2) is 0 Å². The minimum Gasteiger partial charge on any atom is -0.335 e. The summed E-state index contributed by atoms with van der Waals surface area (Å²) >= 11 is 0. The van der Waals surface area contributed by atoms with Gasteiger partial charge in [-0.2, -0.15) is 0 Å². The molecule has 364 valence electrons. The molecule has 2 heterocycles. The monoisotopic (exact) mass is 935 g/mol. The number of hydrogen-bond acceptors (Lipinski definition) is 2. The van der Waals surface area contributed by atoms with Crippen molar-refractivity contribution >= 4 is 33.5 Å². The Bertz CT molecular complexity index is 3270. The topological polar surface area (TPSA) is 6.48 Å². The third-order valence-electron chi connectivity index (χ3n) is 22.2. The number of fused-ring (bicyclic) bond motifs is 14. The molecule has 2 aliphatic heterocycles. The van der Waals surface area contributed by atoms with E-state index in [-0.39, 0.29) is 32.7 Å². The van der Waals surface area contributed by atoms with Crippen molar-refractivity contribution in [3.8, 4) is 22.3 Å². The van der Waals surface area contributed by atoms with Crippen LogP contribution in [0.4, 0.5) is 22.7 Å². The molecule has 6 fully saturated rings. The van der Waals surface area contributed by atoms with Gasteiger partial charge in [-0.05, 0) is 221 Å². The highest BCUT2D eigenvalue weighted by atomic mass is 15.3. The molecular formula is C69H78N2. The summed E-state index contributed by atoms with van der Waals surface area (Å²) in [5.74, 6) is 4.23. The average Bonchev–Trinajstić information content (AvgIpc) is 3.96. The number of hydrogen-bond donors (Lipinski definition) is 0. The zero-order chi connectivity index (χ0) is 48.5. The van der Waals surface area contributed by atoms with Crippen LogP contribution in [0.2, 0.25) is 0 Å². The summed E-state index contributed by atoms with van der Waals surface area (Å²) in [7, 11) is 0. The summed E-state index contributed by atoms with van der Waals surface area (Å²) in [5, 5.41) is 2.84. The first-order valence-corrected chi connectivity index (χ1v) is 28.7. The minimum absolute atomic E-state index is 0.0189. The smallest absolute Gasteiger partial charge is 0.0502 e. The first-order valence-electron chi connectivity index (χ1n) is 28.7. The highest BCUT2D eigenvalue weighted by Gasteiger charge is 2.64. The van der Waals surface area contributed by atoms with E-state index in [1.54, 1.807) is 38.9 Å². The standard InChI is InChI=1S/C69H78N2/c1-64(2,3)44-22-25-58-50(37-44)54-19-13-15-27-67(54,9)70(58)48-24-21-42-35-52-56(36-43(42)34-48)69(46-30-40-29-41(32-46)33-47(69)31-40)57-39-60(62-49-17-11-12-18-53(49)66(7,8)63(62)61(52)57)71-59-26-23-45(65(4,5)6)38-51(59)55-20-14-16-28-68(55,71)10/h11-12,17-18,21-26,34-41,46-47,54-55H,13-16,19-20,27-33H2,1-10H3. The van der Waals surface area contributed by atoms with E-state index < -0.39 is 0 Å². The molecule has 4 atom stereocenters. The second-order valence-electron chi connectivity index (χ2n) is 28.4. The molecule has 10 aliphatic rings. The van der Waals surface area contributed by atoms with Crippen LogP contribution in [-0.2, 0) is 21.7 Å². The van der Waals surface area contributed by atoms with E-state index in [9.17, 15) is 0 Å². The fourth-order valence-corrected chi connectivity index (χ4v) is 19.2. The van der Waals surface area contributed by atoms with Crippen LogP contribution in [0.15, 0.2) is 97.1 Å². The second kappa shape index (κ2) is 14.1. The van der Waals surface area contributed by atoms with Gasteiger partial charge in [0.2, 0.25) is 0 Å². The number of nitrogens with zero attached hydrogens (tertiary/aromatic N) is 2. The third kappa shape index (κ3) is 5.52. The molecule has 0 amide bonds.